The molecule has 2 N–H and O–H groups in total. The SMILES string of the molecule is COc1cccc(C2/C(=C(\O)c3cc(Cl)cc(Cl)c3OC)C(=O)C(=O)N2c2cccc(NC(C)=O)c2)c1. The minimum absolute atomic E-state index is 0.0536. The van der Waals surface area contributed by atoms with E-state index in [1.54, 1.807) is 48.5 Å². The molecule has 0 saturated carbocycles. The van der Waals surface area contributed by atoms with Crippen molar-refractivity contribution in [2.75, 3.05) is 24.4 Å². The van der Waals surface area contributed by atoms with E-state index in [9.17, 15) is 19.5 Å². The molecule has 1 aliphatic heterocycles. The van der Waals surface area contributed by atoms with Crippen LogP contribution in [0.3, 0.4) is 0 Å². The maximum Gasteiger partial charge on any atom is 0.300 e. The molecule has 2 amide bonds. The maximum atomic E-state index is 13.5. The van der Waals surface area contributed by atoms with E-state index in [0.29, 0.717) is 22.7 Å². The van der Waals surface area contributed by atoms with Crippen LogP contribution in [0.1, 0.15) is 24.1 Å². The van der Waals surface area contributed by atoms with Crippen LogP contribution >= 0.6 is 23.2 Å². The molecule has 10 heteroatoms. The molecule has 1 aliphatic rings. The second kappa shape index (κ2) is 10.5. The molecule has 1 atom stereocenters. The van der Waals surface area contributed by atoms with Crippen LogP contribution < -0.4 is 19.7 Å². The number of nitrogens with zero attached hydrogens (tertiary/aromatic N) is 1. The minimum Gasteiger partial charge on any atom is -0.507 e. The number of ether oxygens (including phenoxy) is 2. The van der Waals surface area contributed by atoms with Gasteiger partial charge >= 0.3 is 0 Å². The molecule has 1 unspecified atom stereocenters. The first kappa shape index (κ1) is 26.1. The Hall–Kier alpha value is -4.01. The number of amides is 2. The summed E-state index contributed by atoms with van der Waals surface area (Å²) in [6, 6.07) is 15.1. The summed E-state index contributed by atoms with van der Waals surface area (Å²) < 4.78 is 10.7. The molecule has 0 aliphatic carbocycles. The van der Waals surface area contributed by atoms with E-state index >= 15 is 0 Å². The van der Waals surface area contributed by atoms with Crippen molar-refractivity contribution in [2.24, 2.45) is 0 Å². The first-order valence-electron chi connectivity index (χ1n) is 11.0. The van der Waals surface area contributed by atoms with E-state index < -0.39 is 23.5 Å². The van der Waals surface area contributed by atoms with Crippen LogP contribution in [-0.4, -0.2) is 36.9 Å². The third kappa shape index (κ3) is 4.98. The molecule has 1 heterocycles. The molecule has 0 spiro atoms. The zero-order valence-electron chi connectivity index (χ0n) is 20.0. The average Bonchev–Trinajstić information content (AvgIpc) is 3.13. The number of nitrogens with one attached hydrogen (secondary N) is 1. The van der Waals surface area contributed by atoms with Gasteiger partial charge in [-0.2, -0.15) is 0 Å². The number of ketones is 1. The van der Waals surface area contributed by atoms with Crippen molar-refractivity contribution in [3.05, 3.63) is 87.4 Å². The topological polar surface area (TPSA) is 105 Å². The van der Waals surface area contributed by atoms with Gasteiger partial charge in [0.1, 0.15) is 17.3 Å². The highest BCUT2D eigenvalue weighted by molar-refractivity contribution is 6.52. The quantitative estimate of drug-likeness (QED) is 0.239. The zero-order valence-corrected chi connectivity index (χ0v) is 21.6. The summed E-state index contributed by atoms with van der Waals surface area (Å²) >= 11 is 12.5. The molecule has 0 radical (unpaired) electrons. The van der Waals surface area contributed by atoms with Crippen LogP contribution in [0.5, 0.6) is 11.5 Å². The van der Waals surface area contributed by atoms with E-state index in [1.165, 1.54) is 38.2 Å². The molecule has 37 heavy (non-hydrogen) atoms. The molecule has 0 bridgehead atoms. The van der Waals surface area contributed by atoms with Crippen molar-refractivity contribution >= 4 is 57.9 Å². The van der Waals surface area contributed by atoms with Gasteiger partial charge in [0.15, 0.2) is 0 Å². The van der Waals surface area contributed by atoms with E-state index in [-0.39, 0.29) is 32.8 Å². The number of carbonyl (C=O) groups excluding carboxylic acids is 3. The maximum absolute atomic E-state index is 13.5. The van der Waals surface area contributed by atoms with Crippen LogP contribution in [0.25, 0.3) is 5.76 Å². The molecule has 4 rings (SSSR count). The predicted molar refractivity (Wildman–Crippen MR) is 142 cm³/mol. The Morgan fingerprint density at radius 1 is 1.00 bits per heavy atom. The number of hydrogen-bond acceptors (Lipinski definition) is 6. The minimum atomic E-state index is -1.05. The second-order valence-corrected chi connectivity index (χ2v) is 8.99. The van der Waals surface area contributed by atoms with Gasteiger partial charge in [-0.25, -0.2) is 0 Å². The Bertz CT molecular complexity index is 1450. The van der Waals surface area contributed by atoms with Gasteiger partial charge in [-0.1, -0.05) is 41.4 Å². The molecular formula is C27H22Cl2N2O6. The molecule has 3 aromatic carbocycles. The highest BCUT2D eigenvalue weighted by atomic mass is 35.5. The molecule has 8 nitrogen and oxygen atoms in total. The summed E-state index contributed by atoms with van der Waals surface area (Å²) in [4.78, 5) is 39.8. The largest absolute Gasteiger partial charge is 0.507 e. The Morgan fingerprint density at radius 2 is 1.73 bits per heavy atom. The van der Waals surface area contributed by atoms with Crippen LogP contribution in [0, 0.1) is 0 Å². The molecule has 1 saturated heterocycles. The average molecular weight is 541 g/mol. The summed E-state index contributed by atoms with van der Waals surface area (Å²) in [5.74, 6) is -2.03. The Balaban J connectivity index is 1.99. The van der Waals surface area contributed by atoms with Gasteiger partial charge in [-0.05, 0) is 48.0 Å². The lowest BCUT2D eigenvalue weighted by atomic mass is 9.94. The van der Waals surface area contributed by atoms with Crippen molar-refractivity contribution in [3.63, 3.8) is 0 Å². The van der Waals surface area contributed by atoms with Gasteiger partial charge in [-0.3, -0.25) is 19.3 Å². The zero-order chi connectivity index (χ0) is 26.9. The molecule has 0 aromatic heterocycles. The van der Waals surface area contributed by atoms with Crippen LogP contribution in [0.15, 0.2) is 66.2 Å². The molecule has 3 aromatic rings. The smallest absolute Gasteiger partial charge is 0.300 e. The van der Waals surface area contributed by atoms with E-state index in [4.69, 9.17) is 32.7 Å². The van der Waals surface area contributed by atoms with E-state index in [2.05, 4.69) is 5.32 Å². The van der Waals surface area contributed by atoms with Crippen molar-refractivity contribution in [1.82, 2.24) is 0 Å². The predicted octanol–water partition coefficient (Wildman–Crippen LogP) is 5.60. The fraction of sp³-hybridized carbons (Fsp3) is 0.148. The number of rotatable bonds is 6. The monoisotopic (exact) mass is 540 g/mol. The van der Waals surface area contributed by atoms with E-state index in [0.717, 1.165) is 0 Å². The molecule has 1 fully saturated rings. The number of Topliss-reactive ketones (excluding diaryl/α,β-unsaturated/α-hetero) is 1. The first-order valence-corrected chi connectivity index (χ1v) is 11.8. The number of halogens is 2. The number of benzene rings is 3. The van der Waals surface area contributed by atoms with Crippen LogP contribution in [0.2, 0.25) is 10.0 Å². The first-order chi connectivity index (χ1) is 17.7. The Labute approximate surface area is 223 Å². The lowest BCUT2D eigenvalue weighted by Gasteiger charge is -2.26. The third-order valence-corrected chi connectivity index (χ3v) is 6.27. The number of aliphatic hydroxyl groups excluding tert-OH is 1. The van der Waals surface area contributed by atoms with Gasteiger partial charge < -0.3 is 19.9 Å². The summed E-state index contributed by atoms with van der Waals surface area (Å²) in [7, 11) is 2.85. The number of hydrogen-bond donors (Lipinski definition) is 2. The third-order valence-electron chi connectivity index (χ3n) is 5.77. The summed E-state index contributed by atoms with van der Waals surface area (Å²) in [6.07, 6.45) is 0. The molecular weight excluding hydrogens is 519 g/mol. The lowest BCUT2D eigenvalue weighted by Crippen LogP contribution is -2.29. The standard InChI is InChI=1S/C27H22Cl2N2O6/c1-14(32)30-17-7-5-8-18(13-17)31-23(15-6-4-9-19(10-15)36-2)22(25(34)27(31)35)24(33)20-11-16(28)12-21(29)26(20)37-3/h4-13,23,33H,1-3H3,(H,30,32)/b24-22+. The van der Waals surface area contributed by atoms with Crippen molar-refractivity contribution in [2.45, 2.75) is 13.0 Å². The summed E-state index contributed by atoms with van der Waals surface area (Å²) in [5, 5.41) is 14.4. The van der Waals surface area contributed by atoms with Crippen LogP contribution in [-0.2, 0) is 14.4 Å². The second-order valence-electron chi connectivity index (χ2n) is 8.15. The lowest BCUT2D eigenvalue weighted by molar-refractivity contribution is -0.132. The van der Waals surface area contributed by atoms with Gasteiger partial charge in [0, 0.05) is 23.3 Å². The molecule has 190 valence electrons. The fourth-order valence-electron chi connectivity index (χ4n) is 4.25. The van der Waals surface area contributed by atoms with Crippen LogP contribution in [0.4, 0.5) is 11.4 Å². The Morgan fingerprint density at radius 3 is 2.41 bits per heavy atom. The van der Waals surface area contributed by atoms with Gasteiger partial charge in [0.25, 0.3) is 11.7 Å². The van der Waals surface area contributed by atoms with Gasteiger partial charge in [-0.15, -0.1) is 0 Å². The highest BCUT2D eigenvalue weighted by Gasteiger charge is 2.47. The Kier molecular flexibility index (Phi) is 7.42. The fourth-order valence-corrected chi connectivity index (χ4v) is 4.82. The number of methoxy groups -OCH3 is 2. The summed E-state index contributed by atoms with van der Waals surface area (Å²) in [5.41, 5.74) is 1.12. The van der Waals surface area contributed by atoms with Gasteiger partial charge in [0.2, 0.25) is 5.91 Å². The van der Waals surface area contributed by atoms with Crippen molar-refractivity contribution < 1.29 is 29.0 Å². The van der Waals surface area contributed by atoms with E-state index in [1.807, 2.05) is 0 Å². The van der Waals surface area contributed by atoms with Crippen molar-refractivity contribution in [1.29, 1.82) is 0 Å². The number of aliphatic hydroxyl groups is 1. The normalized spacial score (nSPS) is 16.6. The highest BCUT2D eigenvalue weighted by Crippen LogP contribution is 2.45. The number of carbonyl (C=O) groups is 3. The number of anilines is 2. The van der Waals surface area contributed by atoms with Gasteiger partial charge in [0.05, 0.1) is 36.4 Å². The van der Waals surface area contributed by atoms with Crippen molar-refractivity contribution in [3.8, 4) is 11.5 Å². The summed E-state index contributed by atoms with van der Waals surface area (Å²) in [6.45, 7) is 1.36.